The third-order valence-corrected chi connectivity index (χ3v) is 5.70. The van der Waals surface area contributed by atoms with E-state index in [1.165, 1.54) is 0 Å². The van der Waals surface area contributed by atoms with E-state index < -0.39 is 0 Å². The van der Waals surface area contributed by atoms with E-state index in [0.717, 1.165) is 22.2 Å². The zero-order valence-corrected chi connectivity index (χ0v) is 17.5. The first-order valence-electron chi connectivity index (χ1n) is 9.59. The van der Waals surface area contributed by atoms with Crippen molar-refractivity contribution in [1.29, 1.82) is 0 Å². The predicted molar refractivity (Wildman–Crippen MR) is 129 cm³/mol. The average Bonchev–Trinajstić information content (AvgIpc) is 3.16. The van der Waals surface area contributed by atoms with Gasteiger partial charge in [-0.1, -0.05) is 27.9 Å². The molecule has 1 amide bonds. The van der Waals surface area contributed by atoms with E-state index in [1.807, 2.05) is 29.8 Å². The Morgan fingerprint density at radius 1 is 1.03 bits per heavy atom. The van der Waals surface area contributed by atoms with Crippen LogP contribution in [0, 0.1) is 5.82 Å². The van der Waals surface area contributed by atoms with Gasteiger partial charge in [0.2, 0.25) is 0 Å². The Kier molecular flexibility index (Phi) is 4.97. The molecule has 0 atom stereocenters. The minimum atomic E-state index is -0.326. The Bertz CT molecular complexity index is 1300. The molecule has 0 bridgehead atoms. The quantitative estimate of drug-likeness (QED) is 0.365. The molecule has 6 nitrogen and oxygen atoms in total. The maximum atomic E-state index is 14.3. The molecule has 0 aliphatic heterocycles. The van der Waals surface area contributed by atoms with Gasteiger partial charge in [-0.2, -0.15) is 0 Å². The van der Waals surface area contributed by atoms with Crippen LogP contribution in [0.3, 0.4) is 0 Å². The zero-order valence-electron chi connectivity index (χ0n) is 17.5. The molecule has 1 N–H and O–H groups in total. The lowest BCUT2D eigenvalue weighted by Gasteiger charge is -2.17. The molecule has 2 aromatic heterocycles. The second-order valence-electron chi connectivity index (χ2n) is 7.54. The number of carbonyl (C=O) groups is 1. The smallest absolute Gasteiger partial charge is 0.255 e. The lowest BCUT2D eigenvalue weighted by molar-refractivity contribution is 0.102. The van der Waals surface area contributed by atoms with E-state index in [1.54, 1.807) is 50.0 Å². The fourth-order valence-corrected chi connectivity index (χ4v) is 3.69. The Balaban J connectivity index is 1.71. The van der Waals surface area contributed by atoms with Crippen molar-refractivity contribution in [3.8, 4) is 11.3 Å². The number of carbonyl (C=O) groups excluding carboxylic acids is 1. The van der Waals surface area contributed by atoms with Crippen LogP contribution >= 0.6 is 0 Å². The van der Waals surface area contributed by atoms with E-state index in [4.69, 9.17) is 0 Å². The first-order valence-corrected chi connectivity index (χ1v) is 9.59. The number of hydrogen-bond donors (Lipinski definition) is 1. The van der Waals surface area contributed by atoms with E-state index in [-0.39, 0.29) is 11.7 Å². The number of benzene rings is 2. The van der Waals surface area contributed by atoms with Crippen LogP contribution < -0.4 is 27.2 Å². The molecule has 30 heavy (non-hydrogen) atoms. The second kappa shape index (κ2) is 7.48. The van der Waals surface area contributed by atoms with Gasteiger partial charge in [0.25, 0.3) is 5.91 Å². The largest absolute Gasteiger partial charge is 0.334 e. The van der Waals surface area contributed by atoms with Gasteiger partial charge in [0.1, 0.15) is 37.2 Å². The van der Waals surface area contributed by atoms with Crippen LogP contribution in [0.1, 0.15) is 10.4 Å². The molecule has 11 heteroatoms. The topological polar surface area (TPSA) is 72.7 Å². The Hall–Kier alpha value is -3.35. The first-order chi connectivity index (χ1) is 14.3. The molecule has 0 saturated carbocycles. The van der Waals surface area contributed by atoms with E-state index in [2.05, 4.69) is 20.5 Å². The molecule has 144 valence electrons. The fourth-order valence-electron chi connectivity index (χ4n) is 3.69. The number of nitrogens with one attached hydrogen (secondary N) is 1. The van der Waals surface area contributed by atoms with Crippen molar-refractivity contribution in [2.45, 2.75) is 0 Å². The summed E-state index contributed by atoms with van der Waals surface area (Å²) in [5.41, 5.74) is 5.37. The summed E-state index contributed by atoms with van der Waals surface area (Å²) >= 11 is 0. The molecule has 0 fully saturated rings. The van der Waals surface area contributed by atoms with Gasteiger partial charge in [-0.3, -0.25) is 4.79 Å². The standard InChI is InChI=1S/C19H18B4FN5O/c1-29-7-25-6-11(29)8-2-3-10-9(4-8)5-12(28-27-10)26-19(30)13-14(20)16(22)18(24)17(23)15(13)21/h2-7H,20-23H2,1H3,(H,26,28,30). The van der Waals surface area contributed by atoms with Crippen molar-refractivity contribution < 1.29 is 9.18 Å². The summed E-state index contributed by atoms with van der Waals surface area (Å²) in [5.74, 6) is -0.254. The summed E-state index contributed by atoms with van der Waals surface area (Å²) in [4.78, 5) is 17.1. The lowest BCUT2D eigenvalue weighted by atomic mass is 9.66. The highest BCUT2D eigenvalue weighted by Gasteiger charge is 2.19. The summed E-state index contributed by atoms with van der Waals surface area (Å²) < 4.78 is 16.3. The summed E-state index contributed by atoms with van der Waals surface area (Å²) in [6.45, 7) is 0. The van der Waals surface area contributed by atoms with Crippen molar-refractivity contribution in [3.05, 3.63) is 48.2 Å². The van der Waals surface area contributed by atoms with Crippen molar-refractivity contribution in [1.82, 2.24) is 19.7 Å². The number of aryl methyl sites for hydroxylation is 1. The number of imidazole rings is 1. The zero-order chi connectivity index (χ0) is 21.6. The molecule has 0 aliphatic carbocycles. The van der Waals surface area contributed by atoms with Crippen molar-refractivity contribution >= 4 is 75.9 Å². The van der Waals surface area contributed by atoms with Gasteiger partial charge in [-0.05, 0) is 18.2 Å². The molecule has 4 aromatic rings. The number of amides is 1. The van der Waals surface area contributed by atoms with E-state index in [0.29, 0.717) is 33.2 Å². The van der Waals surface area contributed by atoms with Gasteiger partial charge < -0.3 is 9.88 Å². The molecule has 0 radical (unpaired) electrons. The van der Waals surface area contributed by atoms with Gasteiger partial charge in [0, 0.05) is 23.6 Å². The number of rotatable bonds is 3. The SMILES string of the molecule is Bc1c(B)c(C(=O)Nc2cc3cc(-c4cncn4C)ccc3nn2)c(B)c(B)c1F. The van der Waals surface area contributed by atoms with Crippen molar-refractivity contribution in [3.63, 3.8) is 0 Å². The molecule has 0 saturated heterocycles. The monoisotopic (exact) mass is 395 g/mol. The fraction of sp³-hybridized carbons (Fsp3) is 0.0526. The van der Waals surface area contributed by atoms with Gasteiger partial charge in [-0.15, -0.1) is 10.2 Å². The van der Waals surface area contributed by atoms with E-state index in [9.17, 15) is 9.18 Å². The minimum Gasteiger partial charge on any atom is -0.334 e. The molecule has 2 aromatic carbocycles. The van der Waals surface area contributed by atoms with Gasteiger partial charge >= 0.3 is 0 Å². The molecule has 4 rings (SSSR count). The lowest BCUT2D eigenvalue weighted by Crippen LogP contribution is -2.49. The van der Waals surface area contributed by atoms with Crippen molar-refractivity contribution in [2.24, 2.45) is 7.05 Å². The molecular weight excluding hydrogens is 376 g/mol. The Labute approximate surface area is 176 Å². The maximum absolute atomic E-state index is 14.3. The van der Waals surface area contributed by atoms with Gasteiger partial charge in [0.05, 0.1) is 23.7 Å². The summed E-state index contributed by atoms with van der Waals surface area (Å²) in [6, 6.07) is 7.62. The first kappa shape index (κ1) is 19.9. The number of hydrogen-bond acceptors (Lipinski definition) is 4. The third-order valence-electron chi connectivity index (χ3n) is 5.70. The van der Waals surface area contributed by atoms with Crippen LogP contribution in [-0.4, -0.2) is 57.0 Å². The molecule has 2 heterocycles. The second-order valence-corrected chi connectivity index (χ2v) is 7.54. The van der Waals surface area contributed by atoms with Crippen LogP contribution in [-0.2, 0) is 7.05 Å². The average molecular weight is 395 g/mol. The number of fused-ring (bicyclic) bond motifs is 1. The van der Waals surface area contributed by atoms with Crippen LogP contribution in [0.25, 0.3) is 22.2 Å². The van der Waals surface area contributed by atoms with Gasteiger partial charge in [0.15, 0.2) is 5.82 Å². The molecular formula is C19H18B4FN5O. The normalized spacial score (nSPS) is 11.0. The molecule has 0 aliphatic rings. The highest BCUT2D eigenvalue weighted by atomic mass is 19.1. The van der Waals surface area contributed by atoms with E-state index >= 15 is 0 Å². The van der Waals surface area contributed by atoms with Crippen LogP contribution in [0.4, 0.5) is 10.2 Å². The number of anilines is 1. The number of aromatic nitrogens is 4. The Morgan fingerprint density at radius 2 is 1.73 bits per heavy atom. The van der Waals surface area contributed by atoms with Crippen LogP contribution in [0.15, 0.2) is 36.8 Å². The summed E-state index contributed by atoms with van der Waals surface area (Å²) in [7, 11) is 8.81. The Morgan fingerprint density at radius 3 is 2.37 bits per heavy atom. The summed E-state index contributed by atoms with van der Waals surface area (Å²) in [5, 5.41) is 12.0. The van der Waals surface area contributed by atoms with Crippen molar-refractivity contribution in [2.75, 3.05) is 5.32 Å². The highest BCUT2D eigenvalue weighted by Crippen LogP contribution is 2.24. The summed E-state index contributed by atoms with van der Waals surface area (Å²) in [6.07, 6.45) is 3.54. The minimum absolute atomic E-state index is 0.269. The third kappa shape index (κ3) is 3.30. The number of nitrogens with zero attached hydrogens (tertiary/aromatic N) is 4. The predicted octanol–water partition coefficient (Wildman–Crippen LogP) is -3.54. The number of halogens is 1. The van der Waals surface area contributed by atoms with Crippen LogP contribution in [0.2, 0.25) is 0 Å². The highest BCUT2D eigenvalue weighted by molar-refractivity contribution is 6.59. The molecule has 0 unspecified atom stereocenters. The molecule has 0 spiro atoms. The van der Waals surface area contributed by atoms with Crippen LogP contribution in [0.5, 0.6) is 0 Å². The van der Waals surface area contributed by atoms with Gasteiger partial charge in [-0.25, -0.2) is 9.37 Å². The maximum Gasteiger partial charge on any atom is 0.255 e.